The van der Waals surface area contributed by atoms with Crippen LogP contribution in [-0.2, 0) is 11.2 Å². The van der Waals surface area contributed by atoms with Crippen LogP contribution in [0.25, 0.3) is 0 Å². The van der Waals surface area contributed by atoms with E-state index in [2.05, 4.69) is 10.5 Å². The molecule has 1 heterocycles. The number of hydrogen-bond donors (Lipinski definition) is 2. The highest BCUT2D eigenvalue weighted by Gasteiger charge is 2.33. The van der Waals surface area contributed by atoms with Crippen LogP contribution >= 0.6 is 0 Å². The van der Waals surface area contributed by atoms with E-state index in [1.165, 1.54) is 0 Å². The Labute approximate surface area is 117 Å². The number of hydrogen-bond acceptors (Lipinski definition) is 4. The lowest BCUT2D eigenvalue weighted by atomic mass is 9.96. The van der Waals surface area contributed by atoms with Gasteiger partial charge in [0.05, 0.1) is 11.6 Å². The molecule has 1 aliphatic carbocycles. The van der Waals surface area contributed by atoms with Crippen LogP contribution in [0.3, 0.4) is 0 Å². The van der Waals surface area contributed by atoms with Crippen LogP contribution in [0.5, 0.6) is 0 Å². The van der Waals surface area contributed by atoms with E-state index < -0.39 is 5.97 Å². The fraction of sp³-hybridized carbons (Fsp3) is 0.643. The van der Waals surface area contributed by atoms with Gasteiger partial charge in [-0.1, -0.05) is 18.5 Å². The van der Waals surface area contributed by atoms with Crippen molar-refractivity contribution >= 4 is 11.9 Å². The maximum Gasteiger partial charge on any atom is 0.306 e. The normalized spacial score (nSPS) is 21.9. The topological polar surface area (TPSA) is 92.4 Å². The van der Waals surface area contributed by atoms with Crippen molar-refractivity contribution in [1.82, 2.24) is 10.5 Å². The van der Waals surface area contributed by atoms with Crippen LogP contribution in [-0.4, -0.2) is 28.7 Å². The Balaban J connectivity index is 1.98. The van der Waals surface area contributed by atoms with Crippen molar-refractivity contribution in [1.29, 1.82) is 0 Å². The summed E-state index contributed by atoms with van der Waals surface area (Å²) < 4.78 is 5.03. The molecule has 1 aromatic heterocycles. The third-order valence-electron chi connectivity index (χ3n) is 4.00. The maximum absolute atomic E-state index is 12.2. The van der Waals surface area contributed by atoms with Gasteiger partial charge < -0.3 is 14.9 Å². The summed E-state index contributed by atoms with van der Waals surface area (Å²) in [4.78, 5) is 23.3. The van der Waals surface area contributed by atoms with Crippen molar-refractivity contribution in [3.63, 3.8) is 0 Å². The van der Waals surface area contributed by atoms with E-state index in [9.17, 15) is 9.59 Å². The molecule has 0 aromatic carbocycles. The SMILES string of the molecule is CCc1noc(C)c1C(=O)NCC1CCCC1C(=O)O. The van der Waals surface area contributed by atoms with Crippen molar-refractivity contribution in [2.75, 3.05) is 6.54 Å². The second-order valence-electron chi connectivity index (χ2n) is 5.26. The lowest BCUT2D eigenvalue weighted by molar-refractivity contribution is -0.142. The van der Waals surface area contributed by atoms with Crippen molar-refractivity contribution in [2.45, 2.75) is 39.5 Å². The van der Waals surface area contributed by atoms with Gasteiger partial charge in [0, 0.05) is 6.54 Å². The van der Waals surface area contributed by atoms with Gasteiger partial charge in [0.2, 0.25) is 0 Å². The molecule has 0 saturated heterocycles. The number of carbonyl (C=O) groups is 2. The summed E-state index contributed by atoms with van der Waals surface area (Å²) in [7, 11) is 0. The van der Waals surface area contributed by atoms with Crippen molar-refractivity contribution in [2.24, 2.45) is 11.8 Å². The lowest BCUT2D eigenvalue weighted by Gasteiger charge is -2.16. The van der Waals surface area contributed by atoms with Gasteiger partial charge in [-0.2, -0.15) is 0 Å². The maximum atomic E-state index is 12.2. The molecule has 2 rings (SSSR count). The highest BCUT2D eigenvalue weighted by atomic mass is 16.5. The van der Waals surface area contributed by atoms with Crippen LogP contribution in [0.2, 0.25) is 0 Å². The molecule has 1 fully saturated rings. The number of aromatic nitrogens is 1. The monoisotopic (exact) mass is 280 g/mol. The largest absolute Gasteiger partial charge is 0.481 e. The number of nitrogens with one attached hydrogen (secondary N) is 1. The summed E-state index contributed by atoms with van der Waals surface area (Å²) in [5.41, 5.74) is 1.12. The third kappa shape index (κ3) is 2.84. The molecule has 110 valence electrons. The van der Waals surface area contributed by atoms with E-state index in [0.29, 0.717) is 36.4 Å². The van der Waals surface area contributed by atoms with Gasteiger partial charge in [-0.05, 0) is 32.1 Å². The lowest BCUT2D eigenvalue weighted by Crippen LogP contribution is -2.33. The van der Waals surface area contributed by atoms with Crippen LogP contribution in [0.1, 0.15) is 48.0 Å². The van der Waals surface area contributed by atoms with Gasteiger partial charge in [-0.15, -0.1) is 0 Å². The molecule has 6 nitrogen and oxygen atoms in total. The van der Waals surface area contributed by atoms with Gasteiger partial charge in [0.15, 0.2) is 0 Å². The summed E-state index contributed by atoms with van der Waals surface area (Å²) in [5, 5.41) is 15.8. The summed E-state index contributed by atoms with van der Waals surface area (Å²) in [6.45, 7) is 4.01. The molecule has 1 aromatic rings. The summed E-state index contributed by atoms with van der Waals surface area (Å²) in [5.74, 6) is -0.819. The fourth-order valence-corrected chi connectivity index (χ4v) is 2.87. The van der Waals surface area contributed by atoms with E-state index in [0.717, 1.165) is 12.8 Å². The molecule has 1 saturated carbocycles. The number of carboxylic acid groups (broad SMARTS) is 1. The molecule has 2 N–H and O–H groups in total. The van der Waals surface area contributed by atoms with E-state index in [4.69, 9.17) is 9.63 Å². The number of aryl methyl sites for hydroxylation is 2. The summed E-state index contributed by atoms with van der Waals surface area (Å²) >= 11 is 0. The van der Waals surface area contributed by atoms with Crippen LogP contribution in [0.4, 0.5) is 0 Å². The smallest absolute Gasteiger partial charge is 0.306 e. The van der Waals surface area contributed by atoms with Crippen molar-refractivity contribution in [3.8, 4) is 0 Å². The Morgan fingerprint density at radius 1 is 1.45 bits per heavy atom. The number of amides is 1. The van der Waals surface area contributed by atoms with Gasteiger partial charge in [0.1, 0.15) is 11.3 Å². The number of nitrogens with zero attached hydrogens (tertiary/aromatic N) is 1. The Morgan fingerprint density at radius 3 is 2.85 bits per heavy atom. The second-order valence-corrected chi connectivity index (χ2v) is 5.26. The zero-order chi connectivity index (χ0) is 14.7. The van der Waals surface area contributed by atoms with Crippen molar-refractivity contribution < 1.29 is 19.2 Å². The zero-order valence-electron chi connectivity index (χ0n) is 11.8. The highest BCUT2D eigenvalue weighted by molar-refractivity contribution is 5.96. The first-order chi connectivity index (χ1) is 9.54. The Morgan fingerprint density at radius 2 is 2.20 bits per heavy atom. The average Bonchev–Trinajstić information content (AvgIpc) is 3.02. The summed E-state index contributed by atoms with van der Waals surface area (Å²) in [6, 6.07) is 0. The number of aliphatic carboxylic acids is 1. The van der Waals surface area contributed by atoms with Crippen LogP contribution in [0.15, 0.2) is 4.52 Å². The minimum Gasteiger partial charge on any atom is -0.481 e. The fourth-order valence-electron chi connectivity index (χ4n) is 2.87. The first-order valence-electron chi connectivity index (χ1n) is 7.00. The first-order valence-corrected chi connectivity index (χ1v) is 7.00. The Bertz CT molecular complexity index is 509. The van der Waals surface area contributed by atoms with E-state index in [1.54, 1.807) is 6.92 Å². The number of carboxylic acids is 1. The van der Waals surface area contributed by atoms with Gasteiger partial charge >= 0.3 is 5.97 Å². The number of rotatable bonds is 5. The molecular formula is C14H20N2O4. The first kappa shape index (κ1) is 14.6. The number of carbonyl (C=O) groups excluding carboxylic acids is 1. The van der Waals surface area contributed by atoms with Gasteiger partial charge in [-0.25, -0.2) is 0 Å². The Kier molecular flexibility index (Phi) is 4.42. The van der Waals surface area contributed by atoms with Crippen LogP contribution < -0.4 is 5.32 Å². The minimum absolute atomic E-state index is 0.0155. The predicted molar refractivity (Wildman–Crippen MR) is 71.4 cm³/mol. The standard InChI is InChI=1S/C14H20N2O4/c1-3-11-12(8(2)20-16-11)13(17)15-7-9-5-4-6-10(9)14(18)19/h9-10H,3-7H2,1-2H3,(H,15,17)(H,18,19). The quantitative estimate of drug-likeness (QED) is 0.857. The molecule has 0 bridgehead atoms. The average molecular weight is 280 g/mol. The molecular weight excluding hydrogens is 260 g/mol. The van der Waals surface area contributed by atoms with Crippen LogP contribution in [0, 0.1) is 18.8 Å². The van der Waals surface area contributed by atoms with Crippen molar-refractivity contribution in [3.05, 3.63) is 17.0 Å². The van der Waals surface area contributed by atoms with E-state index in [-0.39, 0.29) is 17.7 Å². The molecule has 0 radical (unpaired) electrons. The molecule has 1 amide bonds. The van der Waals surface area contributed by atoms with Gasteiger partial charge in [-0.3, -0.25) is 9.59 Å². The molecule has 0 aliphatic heterocycles. The second kappa shape index (κ2) is 6.07. The third-order valence-corrected chi connectivity index (χ3v) is 4.00. The highest BCUT2D eigenvalue weighted by Crippen LogP contribution is 2.31. The molecule has 2 atom stereocenters. The minimum atomic E-state index is -0.767. The summed E-state index contributed by atoms with van der Waals surface area (Å²) in [6.07, 6.45) is 3.08. The predicted octanol–water partition coefficient (Wildman–Crippen LogP) is 1.78. The van der Waals surface area contributed by atoms with E-state index in [1.807, 2.05) is 6.92 Å². The molecule has 0 spiro atoms. The van der Waals surface area contributed by atoms with Gasteiger partial charge in [0.25, 0.3) is 5.91 Å². The molecule has 20 heavy (non-hydrogen) atoms. The molecule has 6 heteroatoms. The van der Waals surface area contributed by atoms with E-state index >= 15 is 0 Å². The molecule has 1 aliphatic rings. The Hall–Kier alpha value is -1.85. The zero-order valence-corrected chi connectivity index (χ0v) is 11.8. The molecule has 2 unspecified atom stereocenters.